The fourth-order valence-corrected chi connectivity index (χ4v) is 1.94. The van der Waals surface area contributed by atoms with Gasteiger partial charge >= 0.3 is 0 Å². The number of nitrogens with zero attached hydrogens (tertiary/aromatic N) is 1. The summed E-state index contributed by atoms with van der Waals surface area (Å²) in [6.45, 7) is 0. The monoisotopic (exact) mass is 379 g/mol. The van der Waals surface area contributed by atoms with Crippen LogP contribution in [0.4, 0.5) is 0 Å². The van der Waals surface area contributed by atoms with E-state index in [9.17, 15) is 0 Å². The van der Waals surface area contributed by atoms with Crippen molar-refractivity contribution < 1.29 is 30.0 Å². The third-order valence-corrected chi connectivity index (χ3v) is 2.95. The van der Waals surface area contributed by atoms with Crippen LogP contribution in [0.2, 0.25) is 0 Å². The number of pyridine rings is 1. The predicted octanol–water partition coefficient (Wildman–Crippen LogP) is 3.29. The van der Waals surface area contributed by atoms with Crippen LogP contribution in [0, 0.1) is 6.08 Å². The Balaban J connectivity index is 0.00000176. The van der Waals surface area contributed by atoms with Crippen LogP contribution < -0.4 is 9.57 Å². The number of aromatic nitrogens is 1. The Hall–Kier alpha value is -2.21. The van der Waals surface area contributed by atoms with Gasteiger partial charge in [0.25, 0.3) is 0 Å². The van der Waals surface area contributed by atoms with Crippen LogP contribution in [-0.2, 0) is 20.4 Å². The van der Waals surface area contributed by atoms with Crippen LogP contribution in [0.15, 0.2) is 91.3 Å². The van der Waals surface area contributed by atoms with Crippen molar-refractivity contribution in [2.75, 3.05) is 0 Å². The minimum absolute atomic E-state index is 0. The largest absolute Gasteiger partial charge is 0.251 e. The molecule has 112 valence electrons. The molecule has 3 aromatic rings. The van der Waals surface area contributed by atoms with Crippen molar-refractivity contribution in [2.24, 2.45) is 0 Å². The molecule has 0 fully saturated rings. The molecule has 0 spiro atoms. The maximum atomic E-state index is 5.93. The first-order valence-electron chi connectivity index (χ1n) is 6.81. The van der Waals surface area contributed by atoms with Gasteiger partial charge in [0.2, 0.25) is 12.4 Å². The second-order valence-electron chi connectivity index (χ2n) is 4.51. The second kappa shape index (κ2) is 8.29. The molecule has 0 saturated carbocycles. The molecule has 0 atom stereocenters. The van der Waals surface area contributed by atoms with E-state index in [0.29, 0.717) is 5.76 Å². The summed E-state index contributed by atoms with van der Waals surface area (Å²) >= 11 is 0. The molecule has 0 aliphatic rings. The Kier molecular flexibility index (Phi) is 6.09. The van der Waals surface area contributed by atoms with Gasteiger partial charge in [-0.25, -0.2) is 0 Å². The maximum absolute atomic E-state index is 5.93. The first-order chi connectivity index (χ1) is 10.4. The van der Waals surface area contributed by atoms with Crippen LogP contribution in [-0.4, -0.2) is 0 Å². The Labute approximate surface area is 144 Å². The SMILES string of the molecule is [C-](=C(O[n+]1ccccc1)c1ccccc1)c1ccccc1.[Pd]. The molecular formula is C19H15NOPd. The van der Waals surface area contributed by atoms with Crippen molar-refractivity contribution in [1.29, 1.82) is 0 Å². The van der Waals surface area contributed by atoms with E-state index in [1.54, 1.807) is 4.73 Å². The summed E-state index contributed by atoms with van der Waals surface area (Å²) in [5, 5.41) is 0. The Bertz CT molecular complexity index is 712. The van der Waals surface area contributed by atoms with Crippen molar-refractivity contribution >= 4 is 5.76 Å². The summed E-state index contributed by atoms with van der Waals surface area (Å²) in [7, 11) is 0. The summed E-state index contributed by atoms with van der Waals surface area (Å²) in [5.74, 6) is 0.679. The Morgan fingerprint density at radius 3 is 1.91 bits per heavy atom. The van der Waals surface area contributed by atoms with Gasteiger partial charge < -0.3 is 0 Å². The van der Waals surface area contributed by atoms with Gasteiger partial charge in [0, 0.05) is 37.3 Å². The van der Waals surface area contributed by atoms with Gasteiger partial charge in [-0.05, 0) is 5.56 Å². The van der Waals surface area contributed by atoms with E-state index < -0.39 is 0 Å². The summed E-state index contributed by atoms with van der Waals surface area (Å²) in [4.78, 5) is 5.93. The van der Waals surface area contributed by atoms with Gasteiger partial charge in [-0.2, -0.15) is 0 Å². The zero-order chi connectivity index (χ0) is 14.3. The zero-order valence-corrected chi connectivity index (χ0v) is 13.4. The molecular weight excluding hydrogens is 365 g/mol. The van der Waals surface area contributed by atoms with Gasteiger partial charge in [-0.1, -0.05) is 48.5 Å². The smallest absolute Gasteiger partial charge is 0.223 e. The predicted molar refractivity (Wildman–Crippen MR) is 81.9 cm³/mol. The number of benzene rings is 2. The van der Waals surface area contributed by atoms with E-state index >= 15 is 0 Å². The van der Waals surface area contributed by atoms with E-state index in [-0.39, 0.29) is 20.4 Å². The molecule has 0 amide bonds. The quantitative estimate of drug-likeness (QED) is 0.223. The van der Waals surface area contributed by atoms with E-state index in [4.69, 9.17) is 4.84 Å². The Morgan fingerprint density at radius 2 is 1.27 bits per heavy atom. The van der Waals surface area contributed by atoms with Gasteiger partial charge in [-0.3, -0.25) is 4.84 Å². The van der Waals surface area contributed by atoms with Crippen LogP contribution >= 0.6 is 0 Å². The topological polar surface area (TPSA) is 13.1 Å². The zero-order valence-electron chi connectivity index (χ0n) is 11.8. The average molecular weight is 380 g/mol. The molecule has 3 heteroatoms. The molecule has 0 bridgehead atoms. The van der Waals surface area contributed by atoms with E-state index in [2.05, 4.69) is 6.08 Å². The molecule has 2 aromatic carbocycles. The van der Waals surface area contributed by atoms with Gasteiger partial charge in [-0.15, -0.1) is 29.8 Å². The molecule has 22 heavy (non-hydrogen) atoms. The molecule has 0 unspecified atom stereocenters. The van der Waals surface area contributed by atoms with Crippen molar-refractivity contribution in [3.63, 3.8) is 0 Å². The molecule has 0 aliphatic carbocycles. The molecule has 3 rings (SSSR count). The second-order valence-corrected chi connectivity index (χ2v) is 4.51. The van der Waals surface area contributed by atoms with Crippen molar-refractivity contribution in [1.82, 2.24) is 0 Å². The van der Waals surface area contributed by atoms with Gasteiger partial charge in [0.15, 0.2) is 0 Å². The normalized spacial score (nSPS) is 10.6. The molecule has 0 radical (unpaired) electrons. The molecule has 0 N–H and O–H groups in total. The summed E-state index contributed by atoms with van der Waals surface area (Å²) in [6.07, 6.45) is 7.03. The van der Waals surface area contributed by atoms with Crippen LogP contribution in [0.1, 0.15) is 11.1 Å². The maximum Gasteiger partial charge on any atom is 0.223 e. The third kappa shape index (κ3) is 4.39. The number of rotatable bonds is 4. The number of hydrogen-bond acceptors (Lipinski definition) is 1. The van der Waals surface area contributed by atoms with Crippen LogP contribution in [0.25, 0.3) is 5.76 Å². The molecule has 0 aliphatic heterocycles. The fraction of sp³-hybridized carbons (Fsp3) is 0. The minimum atomic E-state index is 0. The molecule has 1 aromatic heterocycles. The average Bonchev–Trinajstić information content (AvgIpc) is 2.57. The van der Waals surface area contributed by atoms with Crippen molar-refractivity contribution in [3.8, 4) is 0 Å². The van der Waals surface area contributed by atoms with E-state index in [0.717, 1.165) is 11.1 Å². The van der Waals surface area contributed by atoms with Gasteiger partial charge in [0.05, 0.1) is 0 Å². The van der Waals surface area contributed by atoms with E-state index in [1.807, 2.05) is 91.3 Å². The van der Waals surface area contributed by atoms with E-state index in [1.165, 1.54) is 0 Å². The molecule has 1 heterocycles. The fourth-order valence-electron chi connectivity index (χ4n) is 1.94. The first kappa shape index (κ1) is 16.2. The van der Waals surface area contributed by atoms with Crippen molar-refractivity contribution in [2.45, 2.75) is 0 Å². The summed E-state index contributed by atoms with van der Waals surface area (Å²) in [6, 6.07) is 25.7. The Morgan fingerprint density at radius 1 is 0.727 bits per heavy atom. The number of hydrogen-bond donors (Lipinski definition) is 0. The van der Waals surface area contributed by atoms with Crippen LogP contribution in [0.3, 0.4) is 0 Å². The summed E-state index contributed by atoms with van der Waals surface area (Å²) in [5.41, 5.74) is 1.96. The molecule has 2 nitrogen and oxygen atoms in total. The third-order valence-electron chi connectivity index (χ3n) is 2.95. The minimum Gasteiger partial charge on any atom is -0.251 e. The molecule has 0 saturated heterocycles. The summed E-state index contributed by atoms with van der Waals surface area (Å²) < 4.78 is 1.66. The van der Waals surface area contributed by atoms with Crippen molar-refractivity contribution in [3.05, 3.63) is 108 Å². The van der Waals surface area contributed by atoms with Crippen LogP contribution in [0.5, 0.6) is 0 Å². The van der Waals surface area contributed by atoms with Gasteiger partial charge in [0.1, 0.15) is 5.76 Å². The standard InChI is InChI=1S/C19H15NO.Pd/c1-4-10-17(11-5-1)16-19(18-12-6-2-7-13-18)21-20-14-8-3-9-15-20;/h1-15H;. The first-order valence-corrected chi connectivity index (χ1v) is 6.81.